The zero-order valence-electron chi connectivity index (χ0n) is 18.4. The number of anilines is 1. The number of rotatable bonds is 3. The van der Waals surface area contributed by atoms with Crippen molar-refractivity contribution in [3.05, 3.63) is 76.3 Å². The van der Waals surface area contributed by atoms with Crippen LogP contribution in [0.3, 0.4) is 0 Å². The van der Waals surface area contributed by atoms with Crippen LogP contribution < -0.4 is 15.4 Å². The average Bonchev–Trinajstić information content (AvgIpc) is 2.74. The Morgan fingerprint density at radius 2 is 1.88 bits per heavy atom. The lowest BCUT2D eigenvalue weighted by molar-refractivity contribution is -0.118. The van der Waals surface area contributed by atoms with Crippen LogP contribution in [0.2, 0.25) is 0 Å². The summed E-state index contributed by atoms with van der Waals surface area (Å²) in [7, 11) is 1.39. The molecule has 0 fully saturated rings. The van der Waals surface area contributed by atoms with Crippen molar-refractivity contribution in [2.45, 2.75) is 32.6 Å². The third-order valence-corrected chi connectivity index (χ3v) is 6.08. The molecule has 0 radical (unpaired) electrons. The number of ketones is 1. The number of carbonyl (C=O) groups is 1. The summed E-state index contributed by atoms with van der Waals surface area (Å²) in [5, 5.41) is 20.1. The number of phenols is 1. The third-order valence-electron chi connectivity index (χ3n) is 6.08. The summed E-state index contributed by atoms with van der Waals surface area (Å²) in [4.78, 5) is 14.6. The van der Waals surface area contributed by atoms with Crippen molar-refractivity contribution in [2.24, 2.45) is 11.1 Å². The van der Waals surface area contributed by atoms with E-state index in [1.54, 1.807) is 6.07 Å². The number of ether oxygens (including phenoxy) is 1. The first-order chi connectivity index (χ1) is 15.6. The molecule has 6 nitrogen and oxygen atoms in total. The Morgan fingerprint density at radius 1 is 1.21 bits per heavy atom. The van der Waals surface area contributed by atoms with Gasteiger partial charge < -0.3 is 15.6 Å². The van der Waals surface area contributed by atoms with E-state index in [0.29, 0.717) is 17.7 Å². The summed E-state index contributed by atoms with van der Waals surface area (Å²) in [6, 6.07) is 9.99. The van der Waals surface area contributed by atoms with Gasteiger partial charge in [-0.05, 0) is 41.7 Å². The number of Topliss-reactive ketones (excluding diaryl/α,β-unsaturated/α-hetero) is 1. The lowest BCUT2D eigenvalue weighted by Crippen LogP contribution is -2.42. The summed E-state index contributed by atoms with van der Waals surface area (Å²) >= 11 is 0. The van der Waals surface area contributed by atoms with Crippen molar-refractivity contribution in [3.8, 4) is 17.6 Å². The van der Waals surface area contributed by atoms with Gasteiger partial charge in [0.05, 0.1) is 24.7 Å². The number of phenolic OH excluding ortho intramolecular Hbond substituents is 1. The van der Waals surface area contributed by atoms with E-state index in [1.807, 2.05) is 19.9 Å². The van der Waals surface area contributed by atoms with Crippen LogP contribution >= 0.6 is 0 Å². The number of carbonyl (C=O) groups excluding carboxylic acids is 1. The Hall–Kier alpha value is -3.86. The highest BCUT2D eigenvalue weighted by Gasteiger charge is 2.45. The highest BCUT2D eigenvalue weighted by molar-refractivity contribution is 6.01. The molecule has 1 aliphatic heterocycles. The predicted molar refractivity (Wildman–Crippen MR) is 118 cm³/mol. The van der Waals surface area contributed by atoms with E-state index < -0.39 is 28.7 Å². The first kappa shape index (κ1) is 22.3. The fourth-order valence-corrected chi connectivity index (χ4v) is 4.67. The number of hydrogen-bond donors (Lipinski definition) is 2. The first-order valence-electron chi connectivity index (χ1n) is 10.4. The van der Waals surface area contributed by atoms with E-state index in [4.69, 9.17) is 10.5 Å². The van der Waals surface area contributed by atoms with Crippen LogP contribution in [0.25, 0.3) is 0 Å². The minimum Gasteiger partial charge on any atom is -0.504 e. The molecule has 0 spiro atoms. The molecular weight excluding hydrogens is 428 g/mol. The van der Waals surface area contributed by atoms with Crippen LogP contribution in [0.15, 0.2) is 59.1 Å². The average molecular weight is 451 g/mol. The monoisotopic (exact) mass is 451 g/mol. The lowest BCUT2D eigenvalue weighted by Gasteiger charge is -2.43. The topological polar surface area (TPSA) is 99.6 Å². The molecule has 1 unspecified atom stereocenters. The Balaban J connectivity index is 2.05. The molecule has 0 aromatic heterocycles. The maximum absolute atomic E-state index is 14.9. The summed E-state index contributed by atoms with van der Waals surface area (Å²) in [6.07, 6.45) is 0.511. The molecular formula is C25H23F2N3O3. The minimum absolute atomic E-state index is 0.0165. The van der Waals surface area contributed by atoms with Crippen molar-refractivity contribution in [1.29, 1.82) is 5.26 Å². The van der Waals surface area contributed by atoms with Gasteiger partial charge in [0.15, 0.2) is 17.3 Å². The highest BCUT2D eigenvalue weighted by Crippen LogP contribution is 2.51. The normalized spacial score (nSPS) is 19.9. The second-order valence-corrected chi connectivity index (χ2v) is 8.98. The zero-order chi connectivity index (χ0) is 24.1. The third kappa shape index (κ3) is 3.59. The van der Waals surface area contributed by atoms with Crippen LogP contribution in [-0.4, -0.2) is 18.0 Å². The van der Waals surface area contributed by atoms with Gasteiger partial charge in [-0.3, -0.25) is 9.69 Å². The Morgan fingerprint density at radius 3 is 2.48 bits per heavy atom. The van der Waals surface area contributed by atoms with Gasteiger partial charge in [-0.1, -0.05) is 26.0 Å². The second kappa shape index (κ2) is 7.93. The van der Waals surface area contributed by atoms with Gasteiger partial charge in [0.2, 0.25) is 0 Å². The summed E-state index contributed by atoms with van der Waals surface area (Å²) < 4.78 is 34.9. The van der Waals surface area contributed by atoms with E-state index in [9.17, 15) is 23.9 Å². The Kier molecular flexibility index (Phi) is 5.36. The van der Waals surface area contributed by atoms with E-state index in [0.717, 1.165) is 12.1 Å². The molecule has 2 aromatic rings. The number of allylic oxidation sites excluding steroid dienone is 3. The molecule has 1 aliphatic carbocycles. The van der Waals surface area contributed by atoms with Crippen molar-refractivity contribution >= 4 is 11.5 Å². The van der Waals surface area contributed by atoms with E-state index in [2.05, 4.69) is 0 Å². The number of nitrogens with two attached hydrogens (primary N) is 1. The fourth-order valence-electron chi connectivity index (χ4n) is 4.67. The number of nitriles is 1. The van der Waals surface area contributed by atoms with Crippen LogP contribution in [0.4, 0.5) is 14.5 Å². The molecule has 0 saturated carbocycles. The highest BCUT2D eigenvalue weighted by atomic mass is 19.1. The molecule has 4 rings (SSSR count). The standard InChI is InChI=1S/C25H23F2N3O3/c1-25(2)10-17-22(19(32)11-25)21(13-7-8-18(31)20(9-13)33-3)14(12-28)24(29)30(17)23-15(26)5-4-6-16(23)27/h4-9,21,31H,10-11,29H2,1-3H3. The Bertz CT molecular complexity index is 1250. The lowest BCUT2D eigenvalue weighted by atomic mass is 9.68. The largest absolute Gasteiger partial charge is 0.504 e. The quantitative estimate of drug-likeness (QED) is 0.707. The molecule has 170 valence electrons. The molecule has 1 atom stereocenters. The van der Waals surface area contributed by atoms with Crippen molar-refractivity contribution in [2.75, 3.05) is 12.0 Å². The van der Waals surface area contributed by atoms with Gasteiger partial charge >= 0.3 is 0 Å². The van der Waals surface area contributed by atoms with Gasteiger partial charge in [-0.25, -0.2) is 8.78 Å². The molecule has 0 saturated heterocycles. The summed E-state index contributed by atoms with van der Waals surface area (Å²) in [5.74, 6) is -2.91. The maximum atomic E-state index is 14.9. The number of benzene rings is 2. The molecule has 0 amide bonds. The van der Waals surface area contributed by atoms with Gasteiger partial charge in [-0.15, -0.1) is 0 Å². The van der Waals surface area contributed by atoms with Gasteiger partial charge in [-0.2, -0.15) is 5.26 Å². The molecule has 0 bridgehead atoms. The maximum Gasteiger partial charge on any atom is 0.162 e. The molecule has 2 aliphatic rings. The van der Waals surface area contributed by atoms with E-state index in [-0.39, 0.29) is 40.7 Å². The van der Waals surface area contributed by atoms with Crippen LogP contribution in [-0.2, 0) is 4.79 Å². The predicted octanol–water partition coefficient (Wildman–Crippen LogP) is 4.62. The first-order valence-corrected chi connectivity index (χ1v) is 10.4. The molecule has 2 aromatic carbocycles. The number of halogens is 2. The number of hydrogen-bond acceptors (Lipinski definition) is 6. The molecule has 8 heteroatoms. The van der Waals surface area contributed by atoms with E-state index >= 15 is 0 Å². The number of para-hydroxylation sites is 1. The molecule has 1 heterocycles. The molecule has 33 heavy (non-hydrogen) atoms. The fraction of sp³-hybridized carbons (Fsp3) is 0.280. The number of aromatic hydroxyl groups is 1. The minimum atomic E-state index is -0.866. The summed E-state index contributed by atoms with van der Waals surface area (Å²) in [6.45, 7) is 3.78. The summed E-state index contributed by atoms with van der Waals surface area (Å²) in [5.41, 5.74) is 6.58. The van der Waals surface area contributed by atoms with Gasteiger partial charge in [0.25, 0.3) is 0 Å². The van der Waals surface area contributed by atoms with Crippen LogP contribution in [0.5, 0.6) is 11.5 Å². The van der Waals surface area contributed by atoms with Gasteiger partial charge in [0, 0.05) is 17.7 Å². The zero-order valence-corrected chi connectivity index (χ0v) is 18.4. The Labute approximate surface area is 190 Å². The number of methoxy groups -OCH3 is 1. The molecule has 3 N–H and O–H groups in total. The van der Waals surface area contributed by atoms with Crippen molar-refractivity contribution in [1.82, 2.24) is 0 Å². The van der Waals surface area contributed by atoms with Crippen molar-refractivity contribution in [3.63, 3.8) is 0 Å². The smallest absolute Gasteiger partial charge is 0.162 e. The van der Waals surface area contributed by atoms with Crippen LogP contribution in [0.1, 0.15) is 38.2 Å². The van der Waals surface area contributed by atoms with Crippen LogP contribution in [0, 0.1) is 28.4 Å². The van der Waals surface area contributed by atoms with Gasteiger partial charge in [0.1, 0.15) is 23.1 Å². The van der Waals surface area contributed by atoms with Crippen molar-refractivity contribution < 1.29 is 23.4 Å². The number of nitrogens with zero attached hydrogens (tertiary/aromatic N) is 2. The van der Waals surface area contributed by atoms with E-state index in [1.165, 1.54) is 30.2 Å². The SMILES string of the molecule is COc1cc(C2C(C#N)=C(N)N(c3c(F)cccc3F)C3=C2C(=O)CC(C)(C)C3)ccc1O. The second-order valence-electron chi connectivity index (χ2n) is 8.98.